The van der Waals surface area contributed by atoms with E-state index in [4.69, 9.17) is 4.74 Å². The zero-order chi connectivity index (χ0) is 12.3. The first-order valence-electron chi connectivity index (χ1n) is 6.12. The van der Waals surface area contributed by atoms with Crippen LogP contribution >= 0.6 is 0 Å². The van der Waals surface area contributed by atoms with Gasteiger partial charge in [-0.15, -0.1) is 0 Å². The van der Waals surface area contributed by atoms with Gasteiger partial charge in [0, 0.05) is 26.1 Å². The highest BCUT2D eigenvalue weighted by molar-refractivity contribution is 5.24. The van der Waals surface area contributed by atoms with E-state index in [1.165, 1.54) is 0 Å². The van der Waals surface area contributed by atoms with Gasteiger partial charge in [0.2, 0.25) is 0 Å². The molecule has 0 amide bonds. The second kappa shape index (κ2) is 5.17. The fraction of sp³-hybridized carbons (Fsp3) is 0.571. The number of nitrogens with zero attached hydrogens (tertiary/aromatic N) is 1. The Kier molecular flexibility index (Phi) is 3.82. The molecule has 1 saturated heterocycles. The van der Waals surface area contributed by atoms with Gasteiger partial charge < -0.3 is 14.7 Å². The molecule has 94 valence electrons. The largest absolute Gasteiger partial charge is 0.385 e. The molecule has 1 fully saturated rings. The maximum atomic E-state index is 10.9. The summed E-state index contributed by atoms with van der Waals surface area (Å²) in [6, 6.07) is 9.96. The van der Waals surface area contributed by atoms with Crippen molar-refractivity contribution in [2.75, 3.05) is 33.9 Å². The molecule has 1 N–H and O–H groups in total. The molecule has 1 aliphatic heterocycles. The molecular weight excluding hydrogens is 214 g/mol. The summed E-state index contributed by atoms with van der Waals surface area (Å²) in [6.07, 6.45) is 0.765. The molecule has 1 aliphatic rings. The van der Waals surface area contributed by atoms with Gasteiger partial charge in [-0.05, 0) is 19.0 Å². The van der Waals surface area contributed by atoms with Gasteiger partial charge >= 0.3 is 0 Å². The minimum Gasteiger partial charge on any atom is -0.385 e. The Morgan fingerprint density at radius 2 is 2.12 bits per heavy atom. The third kappa shape index (κ3) is 2.51. The van der Waals surface area contributed by atoms with Crippen molar-refractivity contribution < 1.29 is 9.84 Å². The first-order valence-corrected chi connectivity index (χ1v) is 6.12. The summed E-state index contributed by atoms with van der Waals surface area (Å²) in [5, 5.41) is 10.9. The summed E-state index contributed by atoms with van der Waals surface area (Å²) in [4.78, 5) is 2.25. The number of aliphatic hydroxyl groups is 1. The number of ether oxygens (including phenoxy) is 1. The van der Waals surface area contributed by atoms with E-state index in [1.54, 1.807) is 7.11 Å². The van der Waals surface area contributed by atoms with Gasteiger partial charge in [-0.1, -0.05) is 30.3 Å². The quantitative estimate of drug-likeness (QED) is 0.861. The average Bonchev–Trinajstić information content (AvgIpc) is 2.35. The van der Waals surface area contributed by atoms with Crippen molar-refractivity contribution in [3.8, 4) is 0 Å². The standard InChI is InChI=1S/C14H21NO2/c1-15-9-8-14(16,13(10-15)11-17-2)12-6-4-3-5-7-12/h3-7,13,16H,8-11H2,1-2H3. The van der Waals surface area contributed by atoms with Gasteiger partial charge in [0.1, 0.15) is 0 Å². The number of rotatable bonds is 3. The number of hydrogen-bond acceptors (Lipinski definition) is 3. The van der Waals surface area contributed by atoms with Gasteiger partial charge in [-0.25, -0.2) is 0 Å². The van der Waals surface area contributed by atoms with Crippen LogP contribution in [0.1, 0.15) is 12.0 Å². The van der Waals surface area contributed by atoms with Crippen molar-refractivity contribution in [3.63, 3.8) is 0 Å². The topological polar surface area (TPSA) is 32.7 Å². The van der Waals surface area contributed by atoms with Gasteiger partial charge in [-0.3, -0.25) is 0 Å². The summed E-state index contributed by atoms with van der Waals surface area (Å²) in [5.41, 5.74) is 0.263. The molecule has 0 saturated carbocycles. The van der Waals surface area contributed by atoms with Crippen LogP contribution in [0.3, 0.4) is 0 Å². The van der Waals surface area contributed by atoms with Crippen molar-refractivity contribution in [1.29, 1.82) is 0 Å². The second-order valence-corrected chi connectivity index (χ2v) is 4.95. The predicted molar refractivity (Wildman–Crippen MR) is 67.8 cm³/mol. The zero-order valence-electron chi connectivity index (χ0n) is 10.6. The molecule has 0 aliphatic carbocycles. The molecule has 1 aromatic carbocycles. The van der Waals surface area contributed by atoms with E-state index in [0.29, 0.717) is 6.61 Å². The Hall–Kier alpha value is -0.900. The summed E-state index contributed by atoms with van der Waals surface area (Å²) < 4.78 is 5.26. The number of hydrogen-bond donors (Lipinski definition) is 1. The Balaban J connectivity index is 2.26. The predicted octanol–water partition coefficient (Wildman–Crippen LogP) is 1.47. The molecule has 0 radical (unpaired) electrons. The highest BCUT2D eigenvalue weighted by Crippen LogP contribution is 2.37. The maximum absolute atomic E-state index is 10.9. The van der Waals surface area contributed by atoms with Crippen LogP contribution in [0, 0.1) is 5.92 Å². The van der Waals surface area contributed by atoms with Gasteiger partial charge in [0.15, 0.2) is 0 Å². The lowest BCUT2D eigenvalue weighted by Gasteiger charge is -2.43. The smallest absolute Gasteiger partial charge is 0.0971 e. The number of methoxy groups -OCH3 is 1. The lowest BCUT2D eigenvalue weighted by Crippen LogP contribution is -2.50. The lowest BCUT2D eigenvalue weighted by atomic mass is 9.76. The molecule has 1 heterocycles. The minimum absolute atomic E-state index is 0.133. The van der Waals surface area contributed by atoms with E-state index in [1.807, 2.05) is 30.3 Å². The van der Waals surface area contributed by atoms with Crippen LogP contribution in [0.15, 0.2) is 30.3 Å². The second-order valence-electron chi connectivity index (χ2n) is 4.95. The average molecular weight is 235 g/mol. The number of piperidine rings is 1. The molecule has 2 unspecified atom stereocenters. The monoisotopic (exact) mass is 235 g/mol. The van der Waals surface area contributed by atoms with Crippen molar-refractivity contribution in [3.05, 3.63) is 35.9 Å². The van der Waals surface area contributed by atoms with E-state index < -0.39 is 5.60 Å². The summed E-state index contributed by atoms with van der Waals surface area (Å²) >= 11 is 0. The molecule has 2 atom stereocenters. The molecule has 17 heavy (non-hydrogen) atoms. The van der Waals surface area contributed by atoms with E-state index >= 15 is 0 Å². The molecule has 3 nitrogen and oxygen atoms in total. The summed E-state index contributed by atoms with van der Waals surface area (Å²) in [6.45, 7) is 2.39. The molecule has 0 aromatic heterocycles. The fourth-order valence-corrected chi connectivity index (χ4v) is 2.68. The van der Waals surface area contributed by atoms with Crippen LogP contribution in [-0.2, 0) is 10.3 Å². The first-order chi connectivity index (χ1) is 8.16. The molecule has 0 spiro atoms. The minimum atomic E-state index is -0.746. The van der Waals surface area contributed by atoms with Crippen LogP contribution in [0.25, 0.3) is 0 Å². The SMILES string of the molecule is COCC1CN(C)CCC1(O)c1ccccc1. The van der Waals surface area contributed by atoms with Crippen molar-refractivity contribution in [2.24, 2.45) is 5.92 Å². The van der Waals surface area contributed by atoms with Crippen LogP contribution in [0.2, 0.25) is 0 Å². The lowest BCUT2D eigenvalue weighted by molar-refractivity contribution is -0.0954. The van der Waals surface area contributed by atoms with Crippen LogP contribution in [0.4, 0.5) is 0 Å². The zero-order valence-corrected chi connectivity index (χ0v) is 10.6. The summed E-state index contributed by atoms with van der Waals surface area (Å²) in [5.74, 6) is 0.133. The highest BCUT2D eigenvalue weighted by atomic mass is 16.5. The van der Waals surface area contributed by atoms with Crippen LogP contribution in [0.5, 0.6) is 0 Å². The Morgan fingerprint density at radius 3 is 2.76 bits per heavy atom. The number of likely N-dealkylation sites (tertiary alicyclic amines) is 1. The van der Waals surface area contributed by atoms with Gasteiger partial charge in [-0.2, -0.15) is 0 Å². The van der Waals surface area contributed by atoms with E-state index in [2.05, 4.69) is 11.9 Å². The van der Waals surface area contributed by atoms with E-state index in [9.17, 15) is 5.11 Å². The van der Waals surface area contributed by atoms with Crippen molar-refractivity contribution >= 4 is 0 Å². The maximum Gasteiger partial charge on any atom is 0.0971 e. The fourth-order valence-electron chi connectivity index (χ4n) is 2.68. The number of benzene rings is 1. The van der Waals surface area contributed by atoms with Crippen molar-refractivity contribution in [2.45, 2.75) is 12.0 Å². The van der Waals surface area contributed by atoms with E-state index in [0.717, 1.165) is 25.1 Å². The van der Waals surface area contributed by atoms with Crippen molar-refractivity contribution in [1.82, 2.24) is 4.90 Å². The first kappa shape index (κ1) is 12.6. The normalized spacial score (nSPS) is 30.4. The van der Waals surface area contributed by atoms with Gasteiger partial charge in [0.05, 0.1) is 12.2 Å². The molecule has 1 aromatic rings. The Morgan fingerprint density at radius 1 is 1.41 bits per heavy atom. The highest BCUT2D eigenvalue weighted by Gasteiger charge is 2.41. The van der Waals surface area contributed by atoms with Crippen LogP contribution in [-0.4, -0.2) is 43.9 Å². The Bertz CT molecular complexity index is 354. The molecule has 3 heteroatoms. The summed E-state index contributed by atoms with van der Waals surface area (Å²) in [7, 11) is 3.78. The van der Waals surface area contributed by atoms with Gasteiger partial charge in [0.25, 0.3) is 0 Å². The third-order valence-electron chi connectivity index (χ3n) is 3.72. The molecular formula is C14H21NO2. The van der Waals surface area contributed by atoms with E-state index in [-0.39, 0.29) is 5.92 Å². The molecule has 2 rings (SSSR count). The Labute approximate surface area is 103 Å². The third-order valence-corrected chi connectivity index (χ3v) is 3.72. The molecule has 0 bridgehead atoms. The van der Waals surface area contributed by atoms with Crippen LogP contribution < -0.4 is 0 Å².